The fourth-order valence-electron chi connectivity index (χ4n) is 3.02. The Morgan fingerprint density at radius 3 is 2.88 bits per heavy atom. The fraction of sp³-hybridized carbons (Fsp3) is 0.471. The summed E-state index contributed by atoms with van der Waals surface area (Å²) in [5, 5.41) is 3.83. The van der Waals surface area contributed by atoms with Gasteiger partial charge in [0, 0.05) is 36.6 Å². The molecule has 7 nitrogen and oxygen atoms in total. The topological polar surface area (TPSA) is 88.8 Å². The lowest BCUT2D eigenvalue weighted by Crippen LogP contribution is -2.51. The molecule has 0 radical (unpaired) electrons. The number of carbonyl (C=O) groups is 1. The Morgan fingerprint density at radius 2 is 2.20 bits per heavy atom. The van der Waals surface area contributed by atoms with E-state index in [1.54, 1.807) is 26.0 Å². The number of rotatable bonds is 4. The molecule has 8 heteroatoms. The first-order valence-electron chi connectivity index (χ1n) is 8.28. The Labute approximate surface area is 147 Å². The average Bonchev–Trinajstić information content (AvgIpc) is 2.91. The molecular weight excluding hydrogens is 344 g/mol. The van der Waals surface area contributed by atoms with E-state index in [0.717, 1.165) is 0 Å². The zero-order chi connectivity index (χ0) is 18.2. The van der Waals surface area contributed by atoms with Crippen LogP contribution in [0, 0.1) is 6.92 Å². The summed E-state index contributed by atoms with van der Waals surface area (Å²) < 4.78 is 37.8. The van der Waals surface area contributed by atoms with E-state index in [9.17, 15) is 13.2 Å². The molecule has 1 aliphatic rings. The molecule has 0 spiro atoms. The largest absolute Gasteiger partial charge is 0.460 e. The molecule has 0 saturated carbocycles. The molecule has 0 bridgehead atoms. The van der Waals surface area contributed by atoms with Crippen molar-refractivity contribution in [1.29, 1.82) is 0 Å². The molecule has 25 heavy (non-hydrogen) atoms. The Morgan fingerprint density at radius 1 is 1.44 bits per heavy atom. The molecule has 1 aromatic heterocycles. The van der Waals surface area contributed by atoms with Crippen molar-refractivity contribution < 1.29 is 22.4 Å². The van der Waals surface area contributed by atoms with Crippen molar-refractivity contribution in [2.75, 3.05) is 26.2 Å². The summed E-state index contributed by atoms with van der Waals surface area (Å²) in [4.78, 5) is 12.2. The smallest absolute Gasteiger partial charge is 0.374 e. The van der Waals surface area contributed by atoms with Gasteiger partial charge in [0.25, 0.3) is 0 Å². The Bertz CT molecular complexity index is 903. The van der Waals surface area contributed by atoms with E-state index in [1.807, 2.05) is 6.92 Å². The minimum Gasteiger partial charge on any atom is -0.460 e. The third-order valence-electron chi connectivity index (χ3n) is 4.34. The number of carbonyl (C=O) groups excluding carboxylic acids is 1. The van der Waals surface area contributed by atoms with Gasteiger partial charge in [-0.25, -0.2) is 13.2 Å². The monoisotopic (exact) mass is 366 g/mol. The average molecular weight is 366 g/mol. The Hall–Kier alpha value is -1.90. The minimum absolute atomic E-state index is 0.110. The van der Waals surface area contributed by atoms with Crippen LogP contribution < -0.4 is 5.32 Å². The van der Waals surface area contributed by atoms with Gasteiger partial charge in [-0.1, -0.05) is 0 Å². The van der Waals surface area contributed by atoms with Crippen LogP contribution in [0.4, 0.5) is 0 Å². The van der Waals surface area contributed by atoms with Crippen LogP contribution in [-0.4, -0.2) is 51.0 Å². The van der Waals surface area contributed by atoms with Crippen molar-refractivity contribution in [3.05, 3.63) is 29.5 Å². The van der Waals surface area contributed by atoms with Gasteiger partial charge in [-0.15, -0.1) is 0 Å². The highest BCUT2D eigenvalue weighted by molar-refractivity contribution is 7.89. The second kappa shape index (κ2) is 6.78. The van der Waals surface area contributed by atoms with Gasteiger partial charge in [0.2, 0.25) is 15.8 Å². The lowest BCUT2D eigenvalue weighted by atomic mass is 10.1. The van der Waals surface area contributed by atoms with Gasteiger partial charge in [0.15, 0.2) is 0 Å². The van der Waals surface area contributed by atoms with Crippen molar-refractivity contribution in [3.8, 4) is 0 Å². The number of esters is 1. The summed E-state index contributed by atoms with van der Waals surface area (Å²) in [6.07, 6.45) is 0. The summed E-state index contributed by atoms with van der Waals surface area (Å²) in [7, 11) is -3.59. The molecule has 0 amide bonds. The van der Waals surface area contributed by atoms with Crippen molar-refractivity contribution in [2.24, 2.45) is 0 Å². The molecule has 2 aromatic rings. The quantitative estimate of drug-likeness (QED) is 0.832. The van der Waals surface area contributed by atoms with E-state index in [2.05, 4.69) is 5.32 Å². The maximum Gasteiger partial charge on any atom is 0.374 e. The first-order chi connectivity index (χ1) is 11.8. The predicted octanol–water partition coefficient (Wildman–Crippen LogP) is 1.90. The number of hydrogen-bond donors (Lipinski definition) is 1. The molecule has 0 aliphatic carbocycles. The van der Waals surface area contributed by atoms with Gasteiger partial charge in [0.1, 0.15) is 5.58 Å². The SMILES string of the molecule is CCOC(=O)c1oc2ccc(S(=O)(=O)N3CCNC(C)C3)cc2c1C. The third-order valence-corrected chi connectivity index (χ3v) is 6.20. The molecule has 1 aromatic carbocycles. The van der Waals surface area contributed by atoms with Crippen LogP contribution in [0.3, 0.4) is 0 Å². The first kappa shape index (κ1) is 17.9. The van der Waals surface area contributed by atoms with E-state index in [0.29, 0.717) is 36.2 Å². The zero-order valence-electron chi connectivity index (χ0n) is 14.5. The predicted molar refractivity (Wildman–Crippen MR) is 93.1 cm³/mol. The fourth-order valence-corrected chi connectivity index (χ4v) is 4.57. The highest BCUT2D eigenvalue weighted by atomic mass is 32.2. The van der Waals surface area contributed by atoms with Gasteiger partial charge in [-0.2, -0.15) is 4.31 Å². The standard InChI is InChI=1S/C17H22N2O5S/c1-4-23-17(20)16-12(3)14-9-13(5-6-15(14)24-16)25(21,22)19-8-7-18-11(2)10-19/h5-6,9,11,18H,4,7-8,10H2,1-3H3. The van der Waals surface area contributed by atoms with Crippen LogP contribution in [0.5, 0.6) is 0 Å². The van der Waals surface area contributed by atoms with Crippen LogP contribution in [0.1, 0.15) is 30.0 Å². The van der Waals surface area contributed by atoms with Gasteiger partial charge >= 0.3 is 5.97 Å². The minimum atomic E-state index is -3.59. The number of fused-ring (bicyclic) bond motifs is 1. The number of sulfonamides is 1. The normalized spacial score (nSPS) is 19.2. The van der Waals surface area contributed by atoms with Crippen molar-refractivity contribution in [2.45, 2.75) is 31.7 Å². The second-order valence-corrected chi connectivity index (χ2v) is 8.09. The van der Waals surface area contributed by atoms with Crippen LogP contribution in [-0.2, 0) is 14.8 Å². The third kappa shape index (κ3) is 3.29. The number of piperazine rings is 1. The lowest BCUT2D eigenvalue weighted by molar-refractivity contribution is 0.0491. The summed E-state index contributed by atoms with van der Waals surface area (Å²) in [5.41, 5.74) is 1.05. The number of nitrogens with one attached hydrogen (secondary N) is 1. The zero-order valence-corrected chi connectivity index (χ0v) is 15.4. The molecule has 1 N–H and O–H groups in total. The van der Waals surface area contributed by atoms with Crippen molar-refractivity contribution in [3.63, 3.8) is 0 Å². The molecule has 1 aliphatic heterocycles. The first-order valence-corrected chi connectivity index (χ1v) is 9.72. The van der Waals surface area contributed by atoms with E-state index in [1.165, 1.54) is 10.4 Å². The van der Waals surface area contributed by atoms with E-state index in [-0.39, 0.29) is 23.3 Å². The maximum atomic E-state index is 12.9. The van der Waals surface area contributed by atoms with Crippen LogP contribution in [0.15, 0.2) is 27.5 Å². The van der Waals surface area contributed by atoms with E-state index < -0.39 is 16.0 Å². The molecule has 136 valence electrons. The number of aryl methyl sites for hydroxylation is 1. The molecule has 1 fully saturated rings. The lowest BCUT2D eigenvalue weighted by Gasteiger charge is -2.31. The molecule has 1 saturated heterocycles. The number of nitrogens with zero attached hydrogens (tertiary/aromatic N) is 1. The van der Waals surface area contributed by atoms with Gasteiger partial charge < -0.3 is 14.5 Å². The van der Waals surface area contributed by atoms with Crippen molar-refractivity contribution >= 4 is 27.0 Å². The molecule has 1 unspecified atom stereocenters. The highest BCUT2D eigenvalue weighted by Gasteiger charge is 2.29. The van der Waals surface area contributed by atoms with Crippen LogP contribution >= 0.6 is 0 Å². The summed E-state index contributed by atoms with van der Waals surface area (Å²) >= 11 is 0. The van der Waals surface area contributed by atoms with Crippen LogP contribution in [0.2, 0.25) is 0 Å². The van der Waals surface area contributed by atoms with Crippen molar-refractivity contribution in [1.82, 2.24) is 9.62 Å². The maximum absolute atomic E-state index is 12.9. The number of ether oxygens (including phenoxy) is 1. The van der Waals surface area contributed by atoms with Gasteiger partial charge in [-0.3, -0.25) is 0 Å². The van der Waals surface area contributed by atoms with Crippen LogP contribution in [0.25, 0.3) is 11.0 Å². The molecule has 1 atom stereocenters. The summed E-state index contributed by atoms with van der Waals surface area (Å²) in [6, 6.07) is 4.78. The van der Waals surface area contributed by atoms with Gasteiger partial charge in [-0.05, 0) is 39.0 Å². The Balaban J connectivity index is 2.00. The number of furan rings is 1. The molecular formula is C17H22N2O5S. The second-order valence-electron chi connectivity index (χ2n) is 6.15. The highest BCUT2D eigenvalue weighted by Crippen LogP contribution is 2.29. The number of benzene rings is 1. The summed E-state index contributed by atoms with van der Waals surface area (Å²) in [6.45, 7) is 7.13. The molecule has 3 rings (SSSR count). The van der Waals surface area contributed by atoms with E-state index >= 15 is 0 Å². The number of hydrogen-bond acceptors (Lipinski definition) is 6. The molecule has 2 heterocycles. The van der Waals surface area contributed by atoms with E-state index in [4.69, 9.17) is 9.15 Å². The Kier molecular flexibility index (Phi) is 4.86. The van der Waals surface area contributed by atoms with Gasteiger partial charge in [0.05, 0.1) is 11.5 Å². The summed E-state index contributed by atoms with van der Waals surface area (Å²) in [5.74, 6) is -0.432.